The third-order valence-corrected chi connectivity index (χ3v) is 8.12. The van der Waals surface area contributed by atoms with E-state index < -0.39 is 24.2 Å². The number of piperazine rings is 1. The molecule has 0 unspecified atom stereocenters. The van der Waals surface area contributed by atoms with Crippen LogP contribution < -0.4 is 15.5 Å². The minimum Gasteiger partial charge on any atom is -0.337 e. The first-order chi connectivity index (χ1) is 21.8. The first-order valence-electron chi connectivity index (χ1n) is 14.9. The summed E-state index contributed by atoms with van der Waals surface area (Å²) in [5.74, 6) is -4.55. The van der Waals surface area contributed by atoms with Crippen LogP contribution in [0.25, 0.3) is 16.7 Å². The molecule has 0 saturated carbocycles. The Morgan fingerprint density at radius 1 is 0.756 bits per heavy atom. The van der Waals surface area contributed by atoms with Gasteiger partial charge in [-0.2, -0.15) is 0 Å². The van der Waals surface area contributed by atoms with Gasteiger partial charge in [-0.15, -0.1) is 0 Å². The molecule has 0 aliphatic carbocycles. The van der Waals surface area contributed by atoms with E-state index in [0.717, 1.165) is 17.2 Å². The molecule has 2 N–H and O–H groups in total. The fraction of sp³-hybridized carbons (Fsp3) is 0.194. The predicted octanol–water partition coefficient (Wildman–Crippen LogP) is 6.11. The van der Waals surface area contributed by atoms with Gasteiger partial charge in [-0.25, -0.2) is 8.78 Å². The first kappa shape index (κ1) is 29.9. The van der Waals surface area contributed by atoms with E-state index in [-0.39, 0.29) is 29.2 Å². The molecule has 4 aromatic rings. The molecule has 7 nitrogen and oxygen atoms in total. The van der Waals surface area contributed by atoms with E-state index in [1.165, 1.54) is 11.0 Å². The van der Waals surface area contributed by atoms with E-state index in [1.807, 2.05) is 42.5 Å². The number of alkyl halides is 2. The number of halogens is 2. The van der Waals surface area contributed by atoms with Crippen LogP contribution in [0.1, 0.15) is 32.7 Å². The molecule has 228 valence electrons. The normalized spacial score (nSPS) is 16.9. The molecule has 0 radical (unpaired) electrons. The van der Waals surface area contributed by atoms with Crippen molar-refractivity contribution < 1.29 is 23.2 Å². The van der Waals surface area contributed by atoms with Gasteiger partial charge in [-0.1, -0.05) is 66.7 Å². The Kier molecular flexibility index (Phi) is 8.53. The monoisotopic (exact) mass is 606 g/mol. The van der Waals surface area contributed by atoms with Gasteiger partial charge < -0.3 is 20.4 Å². The number of benzene rings is 4. The molecule has 4 aromatic carbocycles. The van der Waals surface area contributed by atoms with E-state index in [9.17, 15) is 14.4 Å². The lowest BCUT2D eigenvalue weighted by Crippen LogP contribution is -2.46. The van der Waals surface area contributed by atoms with Crippen LogP contribution in [0.3, 0.4) is 0 Å². The number of anilines is 2. The lowest BCUT2D eigenvalue weighted by atomic mass is 9.96. The summed E-state index contributed by atoms with van der Waals surface area (Å²) < 4.78 is 31.2. The van der Waals surface area contributed by atoms with Gasteiger partial charge in [0.25, 0.3) is 17.7 Å². The number of carbonyl (C=O) groups excluding carboxylic acids is 3. The van der Waals surface area contributed by atoms with Gasteiger partial charge in [0.1, 0.15) is 0 Å². The van der Waals surface area contributed by atoms with Crippen molar-refractivity contribution in [3.05, 3.63) is 126 Å². The summed E-state index contributed by atoms with van der Waals surface area (Å²) in [5, 5.41) is 6.04. The van der Waals surface area contributed by atoms with Crippen molar-refractivity contribution in [2.75, 3.05) is 42.9 Å². The number of carbonyl (C=O) groups is 3. The highest BCUT2D eigenvalue weighted by Gasteiger charge is 2.41. The van der Waals surface area contributed by atoms with Gasteiger partial charge in [-0.3, -0.25) is 14.4 Å². The van der Waals surface area contributed by atoms with Crippen LogP contribution in [-0.4, -0.2) is 61.3 Å². The van der Waals surface area contributed by atoms with Crippen LogP contribution in [0.2, 0.25) is 0 Å². The molecule has 9 heteroatoms. The zero-order chi connectivity index (χ0) is 31.4. The Bertz CT molecular complexity index is 1750. The van der Waals surface area contributed by atoms with Gasteiger partial charge in [0.05, 0.1) is 5.69 Å². The van der Waals surface area contributed by atoms with Crippen LogP contribution >= 0.6 is 0 Å². The van der Waals surface area contributed by atoms with E-state index in [0.29, 0.717) is 43.1 Å². The quantitative estimate of drug-likeness (QED) is 0.269. The summed E-state index contributed by atoms with van der Waals surface area (Å²) in [7, 11) is 0. The maximum Gasteiger partial charge on any atom is 0.275 e. The second kappa shape index (κ2) is 12.8. The third-order valence-electron chi connectivity index (χ3n) is 8.12. The van der Waals surface area contributed by atoms with Crippen molar-refractivity contribution in [3.8, 4) is 11.1 Å². The summed E-state index contributed by atoms with van der Waals surface area (Å²) in [6.07, 6.45) is 0.397. The molecule has 1 saturated heterocycles. The van der Waals surface area contributed by atoms with Crippen molar-refractivity contribution >= 4 is 34.7 Å². The van der Waals surface area contributed by atoms with Gasteiger partial charge in [0, 0.05) is 73.2 Å². The molecule has 0 aromatic heterocycles. The number of nitrogens with zero attached hydrogens (tertiary/aromatic N) is 2. The van der Waals surface area contributed by atoms with Crippen LogP contribution in [0.15, 0.2) is 109 Å². The molecule has 0 spiro atoms. The Balaban J connectivity index is 1.23. The summed E-state index contributed by atoms with van der Waals surface area (Å²) in [6.45, 7) is 1.85. The third kappa shape index (κ3) is 6.39. The largest absolute Gasteiger partial charge is 0.337 e. The number of amides is 3. The summed E-state index contributed by atoms with van der Waals surface area (Å²) >= 11 is 0. The highest BCUT2D eigenvalue weighted by atomic mass is 19.3. The maximum atomic E-state index is 15.6. The van der Waals surface area contributed by atoms with E-state index in [1.54, 1.807) is 59.5 Å². The smallest absolute Gasteiger partial charge is 0.275 e. The standard InChI is InChI=1S/C36H32F2N4O3/c37-36(38)18-21-42(32-13-7-6-12-30(32)31(36)24-33(43)41-22-19-39-20-23-41)35(45)26-14-16-27(17-15-26)40-34(44)29-11-5-4-10-28(29)25-8-2-1-3-9-25/h1-17,24,39H,18-23H2,(H,40,44)/b31-24-. The Morgan fingerprint density at radius 2 is 1.40 bits per heavy atom. The fourth-order valence-corrected chi connectivity index (χ4v) is 5.74. The van der Waals surface area contributed by atoms with Gasteiger partial charge in [-0.05, 0) is 47.5 Å². The van der Waals surface area contributed by atoms with Gasteiger partial charge in [0.15, 0.2) is 0 Å². The number of hydrogen-bond donors (Lipinski definition) is 2. The number of para-hydroxylation sites is 1. The number of fused-ring (bicyclic) bond motifs is 1. The molecule has 45 heavy (non-hydrogen) atoms. The van der Waals surface area contributed by atoms with Crippen LogP contribution in [-0.2, 0) is 4.79 Å². The average molecular weight is 607 g/mol. The average Bonchev–Trinajstić information content (AvgIpc) is 3.19. The number of nitrogens with one attached hydrogen (secondary N) is 2. The topological polar surface area (TPSA) is 81.8 Å². The molecular formula is C36H32F2N4O3. The van der Waals surface area contributed by atoms with Crippen molar-refractivity contribution in [1.29, 1.82) is 0 Å². The number of allylic oxidation sites excluding steroid dienone is 1. The molecular weight excluding hydrogens is 574 g/mol. The van der Waals surface area contributed by atoms with Crippen molar-refractivity contribution in [2.45, 2.75) is 12.3 Å². The lowest BCUT2D eigenvalue weighted by molar-refractivity contribution is -0.126. The molecule has 1 fully saturated rings. The zero-order valence-corrected chi connectivity index (χ0v) is 24.5. The zero-order valence-electron chi connectivity index (χ0n) is 24.5. The SMILES string of the molecule is O=C(Nc1ccc(C(=O)N2CCC(F)(F)/C(=C\C(=O)N3CCNCC3)c3ccccc32)cc1)c1ccccc1-c1ccccc1. The Morgan fingerprint density at radius 3 is 2.13 bits per heavy atom. The Hall–Kier alpha value is -5.15. The fourth-order valence-electron chi connectivity index (χ4n) is 5.74. The highest BCUT2D eigenvalue weighted by Crippen LogP contribution is 2.43. The van der Waals surface area contributed by atoms with Crippen molar-refractivity contribution in [2.24, 2.45) is 0 Å². The minimum atomic E-state index is -3.32. The molecule has 2 heterocycles. The minimum absolute atomic E-state index is 0.151. The Labute approximate surface area is 260 Å². The van der Waals surface area contributed by atoms with Crippen LogP contribution in [0.4, 0.5) is 20.2 Å². The second-order valence-corrected chi connectivity index (χ2v) is 11.0. The second-order valence-electron chi connectivity index (χ2n) is 11.0. The van der Waals surface area contributed by atoms with Crippen molar-refractivity contribution in [3.63, 3.8) is 0 Å². The number of rotatable bonds is 5. The highest BCUT2D eigenvalue weighted by molar-refractivity contribution is 6.11. The molecule has 2 aliphatic heterocycles. The lowest BCUT2D eigenvalue weighted by Gasteiger charge is -2.27. The van der Waals surface area contributed by atoms with Gasteiger partial charge in [0.2, 0.25) is 5.91 Å². The summed E-state index contributed by atoms with van der Waals surface area (Å²) in [6, 6.07) is 29.7. The van der Waals surface area contributed by atoms with E-state index in [4.69, 9.17) is 0 Å². The summed E-state index contributed by atoms with van der Waals surface area (Å²) in [5.41, 5.74) is 3.06. The molecule has 2 aliphatic rings. The first-order valence-corrected chi connectivity index (χ1v) is 14.9. The maximum absolute atomic E-state index is 15.6. The number of hydrogen-bond acceptors (Lipinski definition) is 4. The van der Waals surface area contributed by atoms with E-state index in [2.05, 4.69) is 10.6 Å². The van der Waals surface area contributed by atoms with Crippen molar-refractivity contribution in [1.82, 2.24) is 10.2 Å². The molecule has 0 atom stereocenters. The summed E-state index contributed by atoms with van der Waals surface area (Å²) in [4.78, 5) is 42.8. The van der Waals surface area contributed by atoms with E-state index >= 15 is 8.78 Å². The molecule has 3 amide bonds. The van der Waals surface area contributed by atoms with Crippen LogP contribution in [0, 0.1) is 0 Å². The molecule has 0 bridgehead atoms. The molecule has 6 rings (SSSR count). The van der Waals surface area contributed by atoms with Crippen LogP contribution in [0.5, 0.6) is 0 Å². The predicted molar refractivity (Wildman–Crippen MR) is 171 cm³/mol. The van der Waals surface area contributed by atoms with Gasteiger partial charge >= 0.3 is 0 Å².